The average Bonchev–Trinajstić information content (AvgIpc) is 2.18. The molecule has 0 aliphatic carbocycles. The minimum Gasteiger partial charge on any atom is -0.0616 e. The molecule has 3 radical (unpaired) electrons. The van der Waals surface area contributed by atoms with Crippen molar-refractivity contribution in [3.8, 4) is 0 Å². The summed E-state index contributed by atoms with van der Waals surface area (Å²) in [6.07, 6.45) is 1.10. The molecule has 0 saturated carbocycles. The highest BCUT2D eigenvalue weighted by molar-refractivity contribution is 6.08. The first kappa shape index (κ1) is 8.51. The van der Waals surface area contributed by atoms with Gasteiger partial charge in [0, 0.05) is 10.2 Å². The summed E-state index contributed by atoms with van der Waals surface area (Å²) in [7, 11) is 3.50. The van der Waals surface area contributed by atoms with Crippen LogP contribution in [0.2, 0.25) is 6.04 Å². The summed E-state index contributed by atoms with van der Waals surface area (Å²) in [6, 6.07) is 16.1. The molecule has 0 aliphatic rings. The number of hydrogen-bond acceptors (Lipinski definition) is 0. The van der Waals surface area contributed by atoms with Gasteiger partial charge in [-0.05, 0) is 22.8 Å². The third-order valence-corrected chi connectivity index (χ3v) is 2.48. The standard InChI is InChI=1S/C12H11Si/c13-8-7-10-5-6-11-3-1-2-4-12(11)9-10/h1-6,9H,7-8H2. The van der Waals surface area contributed by atoms with Crippen molar-refractivity contribution >= 4 is 21.0 Å². The van der Waals surface area contributed by atoms with Crippen molar-refractivity contribution in [1.82, 2.24) is 0 Å². The van der Waals surface area contributed by atoms with Crippen LogP contribution in [0, 0.1) is 0 Å². The Balaban J connectivity index is 2.49. The molecule has 0 saturated heterocycles. The summed E-state index contributed by atoms with van der Waals surface area (Å²) in [4.78, 5) is 0. The van der Waals surface area contributed by atoms with Crippen molar-refractivity contribution < 1.29 is 0 Å². The normalized spacial score (nSPS) is 10.5. The lowest BCUT2D eigenvalue weighted by Crippen LogP contribution is -1.83. The second-order valence-corrected chi connectivity index (χ2v) is 3.68. The summed E-state index contributed by atoms with van der Waals surface area (Å²) in [5, 5.41) is 2.65. The molecular formula is C12H11Si. The Hall–Kier alpha value is -1.08. The molecule has 13 heavy (non-hydrogen) atoms. The molecule has 0 atom stereocenters. The molecule has 2 aromatic rings. The molecule has 0 unspecified atom stereocenters. The van der Waals surface area contributed by atoms with Gasteiger partial charge in [0.25, 0.3) is 0 Å². The maximum absolute atomic E-state index is 3.50. The van der Waals surface area contributed by atoms with E-state index in [9.17, 15) is 0 Å². The average molecular weight is 183 g/mol. The van der Waals surface area contributed by atoms with E-state index in [0.29, 0.717) is 0 Å². The predicted octanol–water partition coefficient (Wildman–Crippen LogP) is 2.97. The Morgan fingerprint density at radius 1 is 0.923 bits per heavy atom. The molecule has 0 aromatic heterocycles. The number of rotatable bonds is 2. The third-order valence-electron chi connectivity index (χ3n) is 2.23. The van der Waals surface area contributed by atoms with E-state index in [2.05, 4.69) is 52.7 Å². The highest BCUT2D eigenvalue weighted by Crippen LogP contribution is 2.16. The lowest BCUT2D eigenvalue weighted by atomic mass is 10.1. The minimum atomic E-state index is 1.03. The summed E-state index contributed by atoms with van der Waals surface area (Å²) in [5.74, 6) is 0. The zero-order valence-electron chi connectivity index (χ0n) is 7.46. The van der Waals surface area contributed by atoms with Crippen molar-refractivity contribution in [1.29, 1.82) is 0 Å². The first-order valence-corrected chi connectivity index (χ1v) is 5.23. The fourth-order valence-corrected chi connectivity index (χ4v) is 1.83. The summed E-state index contributed by atoms with van der Waals surface area (Å²) < 4.78 is 0. The van der Waals surface area contributed by atoms with Crippen LogP contribution < -0.4 is 0 Å². The van der Waals surface area contributed by atoms with Crippen LogP contribution >= 0.6 is 0 Å². The fraction of sp³-hybridized carbons (Fsp3) is 0.167. The van der Waals surface area contributed by atoms with Crippen molar-refractivity contribution in [2.24, 2.45) is 0 Å². The highest BCUT2D eigenvalue weighted by Gasteiger charge is 1.94. The van der Waals surface area contributed by atoms with Gasteiger partial charge >= 0.3 is 0 Å². The van der Waals surface area contributed by atoms with E-state index in [1.807, 2.05) is 0 Å². The molecule has 0 aliphatic heterocycles. The summed E-state index contributed by atoms with van der Waals surface area (Å²) >= 11 is 0. The van der Waals surface area contributed by atoms with Crippen LogP contribution in [0.1, 0.15) is 5.56 Å². The van der Waals surface area contributed by atoms with E-state index in [0.717, 1.165) is 12.5 Å². The molecule has 2 rings (SSSR count). The number of benzene rings is 2. The largest absolute Gasteiger partial charge is 0.0616 e. The maximum atomic E-state index is 3.50. The number of aryl methyl sites for hydroxylation is 1. The molecule has 63 valence electrons. The Bertz CT molecular complexity index is 407. The van der Waals surface area contributed by atoms with E-state index in [1.165, 1.54) is 16.3 Å². The molecule has 0 heterocycles. The molecule has 0 nitrogen and oxygen atoms in total. The van der Waals surface area contributed by atoms with E-state index >= 15 is 0 Å². The Morgan fingerprint density at radius 2 is 1.69 bits per heavy atom. The SMILES string of the molecule is [Si]CCc1ccc2ccccc2c1. The quantitative estimate of drug-likeness (QED) is 0.628. The van der Waals surface area contributed by atoms with Gasteiger partial charge in [0.1, 0.15) is 0 Å². The predicted molar refractivity (Wildman–Crippen MR) is 58.2 cm³/mol. The maximum Gasteiger partial charge on any atom is 0.0225 e. The third kappa shape index (κ3) is 1.81. The van der Waals surface area contributed by atoms with Crippen LogP contribution in [-0.2, 0) is 6.42 Å². The van der Waals surface area contributed by atoms with Crippen molar-refractivity contribution in [2.75, 3.05) is 0 Å². The van der Waals surface area contributed by atoms with E-state index in [1.54, 1.807) is 0 Å². The van der Waals surface area contributed by atoms with Gasteiger partial charge in [-0.15, -0.1) is 0 Å². The zero-order valence-corrected chi connectivity index (χ0v) is 8.46. The first-order chi connectivity index (χ1) is 6.40. The number of fused-ring (bicyclic) bond motifs is 1. The Kier molecular flexibility index (Phi) is 2.46. The second kappa shape index (κ2) is 3.75. The molecule has 0 N–H and O–H groups in total. The van der Waals surface area contributed by atoms with Crippen LogP contribution in [-0.4, -0.2) is 10.2 Å². The van der Waals surface area contributed by atoms with Gasteiger partial charge in [-0.3, -0.25) is 0 Å². The smallest absolute Gasteiger partial charge is 0.0225 e. The molecule has 0 fully saturated rings. The Labute approximate surface area is 82.0 Å². The lowest BCUT2D eigenvalue weighted by molar-refractivity contribution is 1.14. The van der Waals surface area contributed by atoms with E-state index in [-0.39, 0.29) is 0 Å². The molecule has 2 aromatic carbocycles. The van der Waals surface area contributed by atoms with E-state index < -0.39 is 0 Å². The monoisotopic (exact) mass is 183 g/mol. The van der Waals surface area contributed by atoms with Crippen LogP contribution in [0.4, 0.5) is 0 Å². The van der Waals surface area contributed by atoms with Crippen molar-refractivity contribution in [3.63, 3.8) is 0 Å². The summed E-state index contributed by atoms with van der Waals surface area (Å²) in [5.41, 5.74) is 1.40. The molecule has 0 bridgehead atoms. The van der Waals surface area contributed by atoms with Gasteiger partial charge in [0.05, 0.1) is 0 Å². The highest BCUT2D eigenvalue weighted by atomic mass is 28.1. The van der Waals surface area contributed by atoms with Gasteiger partial charge in [-0.1, -0.05) is 48.5 Å². The Morgan fingerprint density at radius 3 is 2.46 bits per heavy atom. The van der Waals surface area contributed by atoms with Crippen LogP contribution in [0.15, 0.2) is 42.5 Å². The molecular weight excluding hydrogens is 172 g/mol. The zero-order chi connectivity index (χ0) is 9.10. The van der Waals surface area contributed by atoms with Crippen molar-refractivity contribution in [2.45, 2.75) is 12.5 Å². The van der Waals surface area contributed by atoms with Gasteiger partial charge in [-0.25, -0.2) is 0 Å². The van der Waals surface area contributed by atoms with Gasteiger partial charge < -0.3 is 0 Å². The molecule has 0 spiro atoms. The van der Waals surface area contributed by atoms with Gasteiger partial charge in [0.15, 0.2) is 0 Å². The van der Waals surface area contributed by atoms with Gasteiger partial charge in [0.2, 0.25) is 0 Å². The minimum absolute atomic E-state index is 1.03. The second-order valence-electron chi connectivity index (χ2n) is 3.18. The van der Waals surface area contributed by atoms with Crippen molar-refractivity contribution in [3.05, 3.63) is 48.0 Å². The van der Waals surface area contributed by atoms with Crippen LogP contribution in [0.25, 0.3) is 10.8 Å². The van der Waals surface area contributed by atoms with Crippen LogP contribution in [0.3, 0.4) is 0 Å². The van der Waals surface area contributed by atoms with E-state index in [4.69, 9.17) is 0 Å². The first-order valence-electron chi connectivity index (χ1n) is 4.52. The number of hydrogen-bond donors (Lipinski definition) is 0. The molecule has 0 amide bonds. The fourth-order valence-electron chi connectivity index (χ4n) is 1.54. The topological polar surface area (TPSA) is 0 Å². The van der Waals surface area contributed by atoms with Gasteiger partial charge in [-0.2, -0.15) is 0 Å². The lowest BCUT2D eigenvalue weighted by Gasteiger charge is -2.01. The summed E-state index contributed by atoms with van der Waals surface area (Å²) in [6.45, 7) is 0. The van der Waals surface area contributed by atoms with Crippen LogP contribution in [0.5, 0.6) is 0 Å². The molecule has 1 heteroatoms.